The molecule has 0 spiro atoms. The number of hydrogen-bond acceptors (Lipinski definition) is 5. The Kier molecular flexibility index (Phi) is 6.62. The molecule has 3 rings (SSSR count). The Morgan fingerprint density at radius 3 is 2.73 bits per heavy atom. The molecule has 2 heterocycles. The summed E-state index contributed by atoms with van der Waals surface area (Å²) in [6, 6.07) is 5.93. The number of rotatable bonds is 3. The third kappa shape index (κ3) is 4.35. The first kappa shape index (κ1) is 20.6. The van der Waals surface area contributed by atoms with Gasteiger partial charge in [-0.3, -0.25) is 9.59 Å². The number of sulfonamides is 1. The third-order valence-corrected chi connectivity index (χ3v) is 6.31. The maximum absolute atomic E-state index is 12.7. The van der Waals surface area contributed by atoms with Crippen molar-refractivity contribution in [1.29, 1.82) is 0 Å². The second-order valence-corrected chi connectivity index (χ2v) is 8.31. The lowest BCUT2D eigenvalue weighted by molar-refractivity contribution is -0.122. The van der Waals surface area contributed by atoms with Crippen molar-refractivity contribution in [3.63, 3.8) is 0 Å². The molecular formula is C16H23ClN4O4S. The van der Waals surface area contributed by atoms with Crippen LogP contribution in [0.4, 0.5) is 0 Å². The van der Waals surface area contributed by atoms with Gasteiger partial charge in [0.2, 0.25) is 15.9 Å². The van der Waals surface area contributed by atoms with Gasteiger partial charge in [0, 0.05) is 37.8 Å². The van der Waals surface area contributed by atoms with Crippen molar-refractivity contribution in [1.82, 2.24) is 14.5 Å². The Labute approximate surface area is 159 Å². The van der Waals surface area contributed by atoms with Gasteiger partial charge in [-0.2, -0.15) is 4.31 Å². The summed E-state index contributed by atoms with van der Waals surface area (Å²) in [4.78, 5) is 25.8. The average molecular weight is 403 g/mol. The molecule has 2 aliphatic rings. The minimum atomic E-state index is -3.82. The second-order valence-electron chi connectivity index (χ2n) is 6.37. The van der Waals surface area contributed by atoms with Crippen LogP contribution in [0.3, 0.4) is 0 Å². The van der Waals surface area contributed by atoms with Crippen molar-refractivity contribution in [2.75, 3.05) is 32.7 Å². The SMILES string of the molecule is Cl.NC1CCCN(C(=O)c2cccc(S(=O)(=O)N3CCNC(=O)C3)c2)C1. The molecule has 144 valence electrons. The zero-order valence-electron chi connectivity index (χ0n) is 14.3. The van der Waals surface area contributed by atoms with Crippen molar-refractivity contribution < 1.29 is 18.0 Å². The Balaban J connectivity index is 0.00000243. The van der Waals surface area contributed by atoms with E-state index in [1.54, 1.807) is 17.0 Å². The molecule has 8 nitrogen and oxygen atoms in total. The number of benzene rings is 1. The molecule has 1 unspecified atom stereocenters. The van der Waals surface area contributed by atoms with Gasteiger partial charge in [-0.25, -0.2) is 8.42 Å². The first-order chi connectivity index (χ1) is 11.9. The predicted octanol–water partition coefficient (Wildman–Crippen LogP) is -0.208. The van der Waals surface area contributed by atoms with E-state index in [0.29, 0.717) is 18.7 Å². The lowest BCUT2D eigenvalue weighted by atomic mass is 10.1. The van der Waals surface area contributed by atoms with Crippen LogP contribution in [0.15, 0.2) is 29.2 Å². The van der Waals surface area contributed by atoms with E-state index < -0.39 is 10.0 Å². The molecule has 1 aromatic rings. The van der Waals surface area contributed by atoms with Crippen LogP contribution in [0.1, 0.15) is 23.2 Å². The molecule has 2 aliphatic heterocycles. The number of hydrogen-bond donors (Lipinski definition) is 2. The Morgan fingerprint density at radius 2 is 2.04 bits per heavy atom. The van der Waals surface area contributed by atoms with Gasteiger partial charge in [-0.1, -0.05) is 6.07 Å². The molecule has 2 saturated heterocycles. The summed E-state index contributed by atoms with van der Waals surface area (Å²) in [6.07, 6.45) is 1.73. The highest BCUT2D eigenvalue weighted by Crippen LogP contribution is 2.20. The quantitative estimate of drug-likeness (QED) is 0.726. The lowest BCUT2D eigenvalue weighted by Crippen LogP contribution is -2.49. The zero-order chi connectivity index (χ0) is 18.0. The second kappa shape index (κ2) is 8.34. The van der Waals surface area contributed by atoms with Crippen LogP contribution in [-0.2, 0) is 14.8 Å². The van der Waals surface area contributed by atoms with Crippen LogP contribution < -0.4 is 11.1 Å². The molecule has 10 heteroatoms. The van der Waals surface area contributed by atoms with Crippen LogP contribution in [0.5, 0.6) is 0 Å². The molecule has 2 fully saturated rings. The van der Waals surface area contributed by atoms with Crippen LogP contribution in [0.2, 0.25) is 0 Å². The van der Waals surface area contributed by atoms with Gasteiger partial charge in [-0.05, 0) is 31.0 Å². The monoisotopic (exact) mass is 402 g/mol. The van der Waals surface area contributed by atoms with Crippen LogP contribution in [0, 0.1) is 0 Å². The van der Waals surface area contributed by atoms with Gasteiger partial charge in [0.25, 0.3) is 5.91 Å². The third-order valence-electron chi connectivity index (χ3n) is 4.47. The maximum atomic E-state index is 12.7. The first-order valence-electron chi connectivity index (χ1n) is 8.30. The van der Waals surface area contributed by atoms with E-state index in [-0.39, 0.29) is 54.8 Å². The topological polar surface area (TPSA) is 113 Å². The number of piperazine rings is 1. The normalized spacial score (nSPS) is 21.7. The van der Waals surface area contributed by atoms with Crippen LogP contribution in [-0.4, -0.2) is 68.2 Å². The van der Waals surface area contributed by atoms with E-state index in [1.807, 2.05) is 0 Å². The van der Waals surface area contributed by atoms with E-state index in [1.165, 1.54) is 12.1 Å². The molecule has 26 heavy (non-hydrogen) atoms. The number of halogens is 1. The van der Waals surface area contributed by atoms with Gasteiger partial charge in [0.15, 0.2) is 0 Å². The fourth-order valence-corrected chi connectivity index (χ4v) is 4.58. The van der Waals surface area contributed by atoms with Crippen molar-refractivity contribution in [2.24, 2.45) is 5.73 Å². The van der Waals surface area contributed by atoms with E-state index in [9.17, 15) is 18.0 Å². The highest BCUT2D eigenvalue weighted by Gasteiger charge is 2.30. The van der Waals surface area contributed by atoms with Gasteiger partial charge in [-0.15, -0.1) is 12.4 Å². The van der Waals surface area contributed by atoms with Crippen molar-refractivity contribution in [3.8, 4) is 0 Å². The summed E-state index contributed by atoms with van der Waals surface area (Å²) in [5.41, 5.74) is 6.23. The number of carbonyl (C=O) groups is 2. The number of nitrogens with two attached hydrogens (primary N) is 1. The fourth-order valence-electron chi connectivity index (χ4n) is 3.14. The molecule has 0 aromatic heterocycles. The van der Waals surface area contributed by atoms with Gasteiger partial charge in [0.05, 0.1) is 11.4 Å². The standard InChI is InChI=1S/C16H22N4O4S.ClH/c17-13-4-2-7-19(10-13)16(22)12-3-1-5-14(9-12)25(23,24)20-8-6-18-15(21)11-20;/h1,3,5,9,13H,2,4,6-8,10-11,17H2,(H,18,21);1H. The summed E-state index contributed by atoms with van der Waals surface area (Å²) in [5, 5.41) is 2.59. The summed E-state index contributed by atoms with van der Waals surface area (Å²) < 4.78 is 26.6. The molecular weight excluding hydrogens is 380 g/mol. The minimum absolute atomic E-state index is 0. The minimum Gasteiger partial charge on any atom is -0.354 e. The lowest BCUT2D eigenvalue weighted by Gasteiger charge is -2.31. The van der Waals surface area contributed by atoms with Crippen molar-refractivity contribution in [2.45, 2.75) is 23.8 Å². The highest BCUT2D eigenvalue weighted by atomic mass is 35.5. The number of nitrogens with zero attached hydrogens (tertiary/aromatic N) is 2. The van der Waals surface area contributed by atoms with E-state index >= 15 is 0 Å². The van der Waals surface area contributed by atoms with Crippen LogP contribution in [0.25, 0.3) is 0 Å². The van der Waals surface area contributed by atoms with E-state index in [0.717, 1.165) is 17.1 Å². The molecule has 3 N–H and O–H groups in total. The van der Waals surface area contributed by atoms with E-state index in [2.05, 4.69) is 5.32 Å². The van der Waals surface area contributed by atoms with Gasteiger partial charge < -0.3 is 16.0 Å². The van der Waals surface area contributed by atoms with Gasteiger partial charge in [0.1, 0.15) is 0 Å². The molecule has 0 bridgehead atoms. The largest absolute Gasteiger partial charge is 0.354 e. The molecule has 0 aliphatic carbocycles. The number of piperidine rings is 1. The van der Waals surface area contributed by atoms with Crippen molar-refractivity contribution in [3.05, 3.63) is 29.8 Å². The van der Waals surface area contributed by atoms with Crippen molar-refractivity contribution >= 4 is 34.2 Å². The summed E-state index contributed by atoms with van der Waals surface area (Å²) in [7, 11) is -3.82. The van der Waals surface area contributed by atoms with Crippen LogP contribution >= 0.6 is 12.4 Å². The number of likely N-dealkylation sites (tertiary alicyclic amines) is 1. The summed E-state index contributed by atoms with van der Waals surface area (Å²) in [6.45, 7) is 1.38. The fraction of sp³-hybridized carbons (Fsp3) is 0.500. The predicted molar refractivity (Wildman–Crippen MR) is 98.6 cm³/mol. The summed E-state index contributed by atoms with van der Waals surface area (Å²) >= 11 is 0. The number of amides is 2. The Bertz CT molecular complexity index is 786. The average Bonchev–Trinajstić information content (AvgIpc) is 2.61. The molecule has 1 aromatic carbocycles. The van der Waals surface area contributed by atoms with E-state index in [4.69, 9.17) is 5.73 Å². The molecule has 2 amide bonds. The zero-order valence-corrected chi connectivity index (χ0v) is 15.9. The maximum Gasteiger partial charge on any atom is 0.253 e. The number of carbonyl (C=O) groups excluding carboxylic acids is 2. The summed E-state index contributed by atoms with van der Waals surface area (Å²) in [5.74, 6) is -0.548. The highest BCUT2D eigenvalue weighted by molar-refractivity contribution is 7.89. The Hall–Kier alpha value is -1.68. The smallest absolute Gasteiger partial charge is 0.253 e. The van der Waals surface area contributed by atoms with Gasteiger partial charge >= 0.3 is 0 Å². The molecule has 0 saturated carbocycles. The first-order valence-corrected chi connectivity index (χ1v) is 9.74. The number of nitrogens with one attached hydrogen (secondary N) is 1. The molecule has 0 radical (unpaired) electrons. The molecule has 1 atom stereocenters. The Morgan fingerprint density at radius 1 is 1.27 bits per heavy atom.